The molecule has 2 rings (SSSR count). The van der Waals surface area contributed by atoms with Gasteiger partial charge < -0.3 is 20.1 Å². The van der Waals surface area contributed by atoms with Crippen LogP contribution in [-0.4, -0.2) is 55.3 Å². The van der Waals surface area contributed by atoms with Crippen LogP contribution in [0.4, 0.5) is 4.39 Å². The van der Waals surface area contributed by atoms with Gasteiger partial charge in [-0.15, -0.1) is 0 Å². The van der Waals surface area contributed by atoms with Gasteiger partial charge in [-0.05, 0) is 37.6 Å². The molecule has 1 amide bonds. The molecule has 1 atom stereocenters. The first-order chi connectivity index (χ1) is 10.2. The van der Waals surface area contributed by atoms with Crippen LogP contribution in [0.5, 0.6) is 5.75 Å². The van der Waals surface area contributed by atoms with Gasteiger partial charge in [0.2, 0.25) is 0 Å². The number of methoxy groups -OCH3 is 1. The molecule has 0 radical (unpaired) electrons. The summed E-state index contributed by atoms with van der Waals surface area (Å²) in [5.41, 5.74) is 0.264. The SMILES string of the molecule is COc1ccc(C(=O)N(CCO)CC2CCCN2)cc1F. The Morgan fingerprint density at radius 2 is 2.38 bits per heavy atom. The van der Waals surface area contributed by atoms with Gasteiger partial charge in [0.1, 0.15) is 0 Å². The van der Waals surface area contributed by atoms with E-state index in [1.807, 2.05) is 0 Å². The van der Waals surface area contributed by atoms with E-state index in [0.29, 0.717) is 6.54 Å². The molecular formula is C15H21FN2O3. The molecule has 6 heteroatoms. The molecule has 1 aromatic rings. The minimum Gasteiger partial charge on any atom is -0.494 e. The number of nitrogens with zero attached hydrogens (tertiary/aromatic N) is 1. The molecule has 1 aliphatic heterocycles. The monoisotopic (exact) mass is 296 g/mol. The highest BCUT2D eigenvalue weighted by Gasteiger charge is 2.22. The Balaban J connectivity index is 2.11. The van der Waals surface area contributed by atoms with Gasteiger partial charge in [-0.1, -0.05) is 0 Å². The molecule has 0 spiro atoms. The second-order valence-electron chi connectivity index (χ2n) is 5.12. The predicted molar refractivity (Wildman–Crippen MR) is 77.0 cm³/mol. The van der Waals surface area contributed by atoms with Gasteiger partial charge in [-0.3, -0.25) is 4.79 Å². The van der Waals surface area contributed by atoms with E-state index in [9.17, 15) is 9.18 Å². The van der Waals surface area contributed by atoms with Gasteiger partial charge >= 0.3 is 0 Å². The molecule has 1 heterocycles. The molecule has 0 saturated carbocycles. The van der Waals surface area contributed by atoms with Crippen molar-refractivity contribution in [2.75, 3.05) is 33.4 Å². The molecule has 1 saturated heterocycles. The van der Waals surface area contributed by atoms with E-state index >= 15 is 0 Å². The lowest BCUT2D eigenvalue weighted by Gasteiger charge is -2.25. The molecule has 1 unspecified atom stereocenters. The average molecular weight is 296 g/mol. The van der Waals surface area contributed by atoms with E-state index in [4.69, 9.17) is 9.84 Å². The van der Waals surface area contributed by atoms with Crippen molar-refractivity contribution in [2.45, 2.75) is 18.9 Å². The van der Waals surface area contributed by atoms with Crippen molar-refractivity contribution in [3.63, 3.8) is 0 Å². The van der Waals surface area contributed by atoms with Crippen molar-refractivity contribution in [1.29, 1.82) is 0 Å². The van der Waals surface area contributed by atoms with E-state index in [1.54, 1.807) is 4.90 Å². The Morgan fingerprint density at radius 1 is 1.57 bits per heavy atom. The summed E-state index contributed by atoms with van der Waals surface area (Å²) in [6, 6.07) is 4.39. The maximum atomic E-state index is 13.7. The number of carbonyl (C=O) groups is 1. The second-order valence-corrected chi connectivity index (χ2v) is 5.12. The van der Waals surface area contributed by atoms with Crippen LogP contribution in [0.1, 0.15) is 23.2 Å². The molecule has 5 nitrogen and oxygen atoms in total. The zero-order valence-corrected chi connectivity index (χ0v) is 12.1. The van der Waals surface area contributed by atoms with Crippen LogP contribution in [0.25, 0.3) is 0 Å². The lowest BCUT2D eigenvalue weighted by atomic mass is 10.1. The number of amides is 1. The Labute approximate surface area is 123 Å². The Bertz CT molecular complexity index is 490. The van der Waals surface area contributed by atoms with Crippen LogP contribution < -0.4 is 10.1 Å². The number of nitrogens with one attached hydrogen (secondary N) is 1. The quantitative estimate of drug-likeness (QED) is 0.823. The Kier molecular flexibility index (Phi) is 5.52. The van der Waals surface area contributed by atoms with E-state index in [1.165, 1.54) is 25.3 Å². The smallest absolute Gasteiger partial charge is 0.254 e. The molecule has 0 aromatic heterocycles. The third-order valence-electron chi connectivity index (χ3n) is 3.66. The lowest BCUT2D eigenvalue weighted by molar-refractivity contribution is 0.0706. The number of hydrogen-bond acceptors (Lipinski definition) is 4. The molecule has 1 fully saturated rings. The number of rotatable bonds is 6. The van der Waals surface area contributed by atoms with Crippen LogP contribution in [-0.2, 0) is 0 Å². The van der Waals surface area contributed by atoms with Gasteiger partial charge in [-0.25, -0.2) is 4.39 Å². The van der Waals surface area contributed by atoms with E-state index in [2.05, 4.69) is 5.32 Å². The highest BCUT2D eigenvalue weighted by molar-refractivity contribution is 5.94. The van der Waals surface area contributed by atoms with E-state index in [-0.39, 0.29) is 36.4 Å². The van der Waals surface area contributed by atoms with E-state index in [0.717, 1.165) is 19.4 Å². The van der Waals surface area contributed by atoms with Crippen LogP contribution in [0.2, 0.25) is 0 Å². The summed E-state index contributed by atoms with van der Waals surface area (Å²) in [4.78, 5) is 14.0. The van der Waals surface area contributed by atoms with Crippen LogP contribution in [0, 0.1) is 5.82 Å². The molecule has 1 aliphatic rings. The standard InChI is InChI=1S/C15H21FN2O3/c1-21-14-5-4-11(9-13(14)16)15(20)18(7-8-19)10-12-3-2-6-17-12/h4-5,9,12,17,19H,2-3,6-8,10H2,1H3. The summed E-state index contributed by atoms with van der Waals surface area (Å²) in [7, 11) is 1.38. The number of ether oxygens (including phenoxy) is 1. The Morgan fingerprint density at radius 3 is 2.95 bits per heavy atom. The van der Waals surface area contributed by atoms with Crippen molar-refractivity contribution in [3.05, 3.63) is 29.6 Å². The number of aliphatic hydroxyl groups excluding tert-OH is 1. The molecule has 1 aromatic carbocycles. The van der Waals surface area contributed by atoms with Gasteiger partial charge in [0.25, 0.3) is 5.91 Å². The Hall–Kier alpha value is -1.66. The van der Waals surface area contributed by atoms with Gasteiger partial charge in [0, 0.05) is 24.7 Å². The fraction of sp³-hybridized carbons (Fsp3) is 0.533. The summed E-state index contributed by atoms with van der Waals surface area (Å²) in [6.45, 7) is 1.60. The minimum absolute atomic E-state index is 0.109. The van der Waals surface area contributed by atoms with Crippen molar-refractivity contribution in [1.82, 2.24) is 10.2 Å². The zero-order chi connectivity index (χ0) is 15.2. The molecular weight excluding hydrogens is 275 g/mol. The molecule has 0 bridgehead atoms. The maximum absolute atomic E-state index is 13.7. The summed E-state index contributed by atoms with van der Waals surface area (Å²) in [5.74, 6) is -0.733. The largest absolute Gasteiger partial charge is 0.494 e. The summed E-state index contributed by atoms with van der Waals surface area (Å²) >= 11 is 0. The molecule has 116 valence electrons. The van der Waals surface area contributed by atoms with Gasteiger partial charge in [0.15, 0.2) is 11.6 Å². The van der Waals surface area contributed by atoms with Crippen LogP contribution in [0.3, 0.4) is 0 Å². The number of halogens is 1. The zero-order valence-electron chi connectivity index (χ0n) is 12.1. The van der Waals surface area contributed by atoms with E-state index < -0.39 is 5.82 Å². The maximum Gasteiger partial charge on any atom is 0.254 e. The summed E-state index contributed by atoms with van der Waals surface area (Å²) in [6.07, 6.45) is 2.09. The first-order valence-corrected chi connectivity index (χ1v) is 7.12. The third-order valence-corrected chi connectivity index (χ3v) is 3.66. The minimum atomic E-state index is -0.564. The van der Waals surface area contributed by atoms with Crippen molar-refractivity contribution >= 4 is 5.91 Å². The normalized spacial score (nSPS) is 17.8. The highest BCUT2D eigenvalue weighted by Crippen LogP contribution is 2.19. The predicted octanol–water partition coefficient (Wildman–Crippen LogP) is 1.02. The molecule has 0 aliphatic carbocycles. The molecule has 2 N–H and O–H groups in total. The van der Waals surface area contributed by atoms with Crippen molar-refractivity contribution in [2.24, 2.45) is 0 Å². The van der Waals surface area contributed by atoms with Crippen LogP contribution in [0.15, 0.2) is 18.2 Å². The number of aliphatic hydroxyl groups is 1. The fourth-order valence-corrected chi connectivity index (χ4v) is 2.56. The average Bonchev–Trinajstić information content (AvgIpc) is 2.99. The number of hydrogen-bond donors (Lipinski definition) is 2. The first-order valence-electron chi connectivity index (χ1n) is 7.12. The lowest BCUT2D eigenvalue weighted by Crippen LogP contribution is -2.42. The highest BCUT2D eigenvalue weighted by atomic mass is 19.1. The summed E-state index contributed by atoms with van der Waals surface area (Å²) in [5, 5.41) is 12.4. The van der Waals surface area contributed by atoms with Crippen LogP contribution >= 0.6 is 0 Å². The third kappa shape index (κ3) is 3.92. The fourth-order valence-electron chi connectivity index (χ4n) is 2.56. The number of carbonyl (C=O) groups excluding carboxylic acids is 1. The van der Waals surface area contributed by atoms with Crippen molar-refractivity contribution in [3.8, 4) is 5.75 Å². The number of benzene rings is 1. The second kappa shape index (κ2) is 7.38. The van der Waals surface area contributed by atoms with Gasteiger partial charge in [0.05, 0.1) is 13.7 Å². The first kappa shape index (κ1) is 15.7. The van der Waals surface area contributed by atoms with Crippen molar-refractivity contribution < 1.29 is 19.0 Å². The van der Waals surface area contributed by atoms with Gasteiger partial charge in [-0.2, -0.15) is 0 Å². The summed E-state index contributed by atoms with van der Waals surface area (Å²) < 4.78 is 18.6. The topological polar surface area (TPSA) is 61.8 Å². The molecule has 21 heavy (non-hydrogen) atoms.